The van der Waals surface area contributed by atoms with E-state index in [1.165, 1.54) is 0 Å². The molecule has 0 radical (unpaired) electrons. The first-order chi connectivity index (χ1) is 31.9. The molecule has 12 nitrogen and oxygen atoms in total. The molecule has 0 saturated carbocycles. The molecule has 4 aromatic heterocycles. The number of imidazole rings is 2. The highest BCUT2D eigenvalue weighted by Crippen LogP contribution is 2.37. The van der Waals surface area contributed by atoms with Crippen LogP contribution in [-0.4, -0.2) is 62.9 Å². The molecular formula is C48H40F6N10O2. The lowest BCUT2D eigenvalue weighted by Crippen LogP contribution is -2.02. The van der Waals surface area contributed by atoms with Crippen molar-refractivity contribution in [2.75, 3.05) is 14.2 Å². The van der Waals surface area contributed by atoms with E-state index in [1.54, 1.807) is 26.9 Å². The largest absolute Gasteiger partial charge is 0.495 e. The quantitative estimate of drug-likeness (QED) is 0.0985. The number of aromatic nitrogens is 10. The van der Waals surface area contributed by atoms with Gasteiger partial charge < -0.3 is 27.7 Å². The van der Waals surface area contributed by atoms with Gasteiger partial charge in [0.2, 0.25) is 0 Å². The van der Waals surface area contributed by atoms with Crippen molar-refractivity contribution >= 4 is 24.3 Å². The smallest absolute Gasteiger partial charge is 0.194 e. The number of hydrogen-bond acceptors (Lipinski definition) is 8. The van der Waals surface area contributed by atoms with Crippen LogP contribution in [0.4, 0.5) is 26.3 Å². The number of fused-ring (bicyclic) bond motifs is 2. The summed E-state index contributed by atoms with van der Waals surface area (Å²) < 4.78 is 100. The lowest BCUT2D eigenvalue weighted by molar-refractivity contribution is 0.412. The lowest BCUT2D eigenvalue weighted by atomic mass is 9.97. The Bertz CT molecular complexity index is 2910. The maximum Gasteiger partial charge on any atom is 0.194 e. The van der Waals surface area contributed by atoms with Crippen molar-refractivity contribution in [1.82, 2.24) is 48.6 Å². The Hall–Kier alpha value is -7.76. The van der Waals surface area contributed by atoms with E-state index in [0.29, 0.717) is 71.9 Å². The number of aryl methyl sites for hydroxylation is 2. The van der Waals surface area contributed by atoms with Crippen molar-refractivity contribution in [2.45, 2.75) is 51.6 Å². The molecule has 0 aliphatic carbocycles. The molecule has 2 aliphatic rings. The van der Waals surface area contributed by atoms with Crippen molar-refractivity contribution in [2.24, 2.45) is 0 Å². The third-order valence-corrected chi connectivity index (χ3v) is 11.6. The van der Waals surface area contributed by atoms with E-state index in [2.05, 4.69) is 30.4 Å². The van der Waals surface area contributed by atoms with Gasteiger partial charge in [0, 0.05) is 37.3 Å². The summed E-state index contributed by atoms with van der Waals surface area (Å²) in [4.78, 5) is 8.50. The van der Waals surface area contributed by atoms with Crippen LogP contribution in [0.25, 0.3) is 35.7 Å². The molecule has 2 atom stereocenters. The maximum absolute atomic E-state index is 13.7. The molecule has 336 valence electrons. The van der Waals surface area contributed by atoms with E-state index >= 15 is 0 Å². The first-order valence-electron chi connectivity index (χ1n) is 20.8. The normalized spacial score (nSPS) is 15.4. The number of benzene rings is 4. The van der Waals surface area contributed by atoms with E-state index in [4.69, 9.17) is 9.47 Å². The molecule has 10 rings (SSSR count). The molecule has 18 heteroatoms. The first kappa shape index (κ1) is 43.5. The molecule has 0 bridgehead atoms. The second-order valence-electron chi connectivity index (χ2n) is 15.8. The zero-order valence-electron chi connectivity index (χ0n) is 35.9. The fraction of sp³-hybridized carbons (Fsp3) is 0.208. The number of hydrogen-bond donors (Lipinski definition) is 0. The standard InChI is InChI=1S/2C24H20F3N5O/c2*1-14-12-31(13-28-14)20-5-3-15(9-21(20)33-2)4-6-22-29-30-24-17(7-8-32(22)24)16-10-18(25)23(27)19(26)11-16/h2*3-6,9-13,17H,7-8H2,1-2H3/b2*6-4+/t2*17-/m10/s1. The van der Waals surface area contributed by atoms with Crippen molar-refractivity contribution in [3.63, 3.8) is 0 Å². The van der Waals surface area contributed by atoms with Crippen LogP contribution in [0.15, 0.2) is 85.7 Å². The van der Waals surface area contributed by atoms with Crippen LogP contribution in [0, 0.1) is 48.8 Å². The van der Waals surface area contributed by atoms with E-state index < -0.39 is 34.9 Å². The van der Waals surface area contributed by atoms with Crippen LogP contribution in [0.1, 0.15) is 81.6 Å². The predicted molar refractivity (Wildman–Crippen MR) is 233 cm³/mol. The second-order valence-corrected chi connectivity index (χ2v) is 15.8. The number of ether oxygens (including phenoxy) is 2. The molecule has 0 unspecified atom stereocenters. The van der Waals surface area contributed by atoms with Crippen molar-refractivity contribution in [3.05, 3.63) is 178 Å². The van der Waals surface area contributed by atoms with Crippen LogP contribution in [0.2, 0.25) is 0 Å². The summed E-state index contributed by atoms with van der Waals surface area (Å²) in [7, 11) is 3.23. The van der Waals surface area contributed by atoms with Crippen molar-refractivity contribution in [3.8, 4) is 22.9 Å². The van der Waals surface area contributed by atoms with Gasteiger partial charge in [-0.25, -0.2) is 36.3 Å². The second kappa shape index (κ2) is 18.0. The number of methoxy groups -OCH3 is 2. The van der Waals surface area contributed by atoms with Gasteiger partial charge in [0.15, 0.2) is 46.6 Å². The monoisotopic (exact) mass is 902 g/mol. The van der Waals surface area contributed by atoms with Gasteiger partial charge >= 0.3 is 0 Å². The minimum Gasteiger partial charge on any atom is -0.495 e. The molecule has 0 fully saturated rings. The van der Waals surface area contributed by atoms with Gasteiger partial charge in [-0.3, -0.25) is 0 Å². The van der Waals surface area contributed by atoms with Crippen molar-refractivity contribution < 1.29 is 35.8 Å². The van der Waals surface area contributed by atoms with E-state index in [1.807, 2.05) is 105 Å². The van der Waals surface area contributed by atoms with Gasteiger partial charge in [0.25, 0.3) is 0 Å². The van der Waals surface area contributed by atoms with E-state index in [9.17, 15) is 26.3 Å². The van der Waals surface area contributed by atoms with Gasteiger partial charge in [-0.2, -0.15) is 0 Å². The Morgan fingerprint density at radius 1 is 0.530 bits per heavy atom. The Labute approximate surface area is 374 Å². The minimum atomic E-state index is -1.47. The zero-order valence-corrected chi connectivity index (χ0v) is 35.9. The third kappa shape index (κ3) is 8.48. The summed E-state index contributed by atoms with van der Waals surface area (Å²) >= 11 is 0. The highest BCUT2D eigenvalue weighted by atomic mass is 19.2. The molecule has 0 N–H and O–H groups in total. The summed E-state index contributed by atoms with van der Waals surface area (Å²) in [6, 6.07) is 15.7. The highest BCUT2D eigenvalue weighted by Gasteiger charge is 2.31. The topological polar surface area (TPSA) is 116 Å². The fourth-order valence-electron chi connectivity index (χ4n) is 8.30. The van der Waals surface area contributed by atoms with Crippen LogP contribution in [-0.2, 0) is 13.1 Å². The molecule has 6 heterocycles. The number of rotatable bonds is 10. The maximum atomic E-state index is 13.7. The van der Waals surface area contributed by atoms with Crippen LogP contribution >= 0.6 is 0 Å². The van der Waals surface area contributed by atoms with E-state index in [0.717, 1.165) is 58.2 Å². The first-order valence-corrected chi connectivity index (χ1v) is 20.8. The highest BCUT2D eigenvalue weighted by molar-refractivity contribution is 5.70. The van der Waals surface area contributed by atoms with Gasteiger partial charge in [0.1, 0.15) is 23.1 Å². The van der Waals surface area contributed by atoms with Crippen molar-refractivity contribution in [1.29, 1.82) is 0 Å². The predicted octanol–water partition coefficient (Wildman–Crippen LogP) is 9.81. The fourth-order valence-corrected chi connectivity index (χ4v) is 8.30. The van der Waals surface area contributed by atoms with Crippen LogP contribution < -0.4 is 9.47 Å². The summed E-state index contributed by atoms with van der Waals surface area (Å²) in [5, 5.41) is 16.9. The average Bonchev–Trinajstić information content (AvgIpc) is 4.19. The van der Waals surface area contributed by atoms with Gasteiger partial charge in [-0.05, 0) is 110 Å². The Morgan fingerprint density at radius 2 is 0.924 bits per heavy atom. The Balaban J connectivity index is 0.000000166. The van der Waals surface area contributed by atoms with E-state index in [-0.39, 0.29) is 11.8 Å². The van der Waals surface area contributed by atoms with Gasteiger partial charge in [0.05, 0.1) is 49.6 Å². The number of nitrogens with zero attached hydrogens (tertiary/aromatic N) is 10. The summed E-state index contributed by atoms with van der Waals surface area (Å²) in [5.41, 5.74) is 6.08. The lowest BCUT2D eigenvalue weighted by Gasteiger charge is -2.10. The molecule has 8 aromatic rings. The summed E-state index contributed by atoms with van der Waals surface area (Å²) in [6.07, 6.45) is 16.0. The van der Waals surface area contributed by atoms with Gasteiger partial charge in [-0.15, -0.1) is 20.4 Å². The zero-order chi connectivity index (χ0) is 46.2. The molecule has 0 spiro atoms. The minimum absolute atomic E-state index is 0.345. The molecular weight excluding hydrogens is 863 g/mol. The number of halogens is 6. The molecule has 0 amide bonds. The summed E-state index contributed by atoms with van der Waals surface area (Å²) in [5.74, 6) is -4.58. The molecule has 4 aromatic carbocycles. The average molecular weight is 903 g/mol. The Kier molecular flexibility index (Phi) is 11.9. The van der Waals surface area contributed by atoms with Gasteiger partial charge in [-0.1, -0.05) is 24.3 Å². The van der Waals surface area contributed by atoms with Crippen LogP contribution in [0.5, 0.6) is 11.5 Å². The third-order valence-electron chi connectivity index (χ3n) is 11.6. The Morgan fingerprint density at radius 3 is 1.27 bits per heavy atom. The molecule has 66 heavy (non-hydrogen) atoms. The SMILES string of the molecule is COc1cc(/C=C/c2nnc3n2CC[C@@H]3c2cc(F)c(F)c(F)c2)ccc1-n1cnc(C)c1.COc1cc(/C=C/c2nnc3n2CC[C@H]3c2cc(F)c(F)c(F)c2)ccc1-n1cnc(C)c1. The van der Waals surface area contributed by atoms with Crippen LogP contribution in [0.3, 0.4) is 0 Å². The summed E-state index contributed by atoms with van der Waals surface area (Å²) in [6.45, 7) is 5.03. The molecule has 2 aliphatic heterocycles. The molecule has 0 saturated heterocycles.